The number of aryl methyl sites for hydroxylation is 4. The summed E-state index contributed by atoms with van der Waals surface area (Å²) in [6.45, 7) is 15.6. The van der Waals surface area contributed by atoms with E-state index in [9.17, 15) is 0 Å². The van der Waals surface area contributed by atoms with E-state index < -0.39 is 0 Å². The van der Waals surface area contributed by atoms with Crippen LogP contribution >= 0.6 is 24.8 Å². The first kappa shape index (κ1) is 41.6. The summed E-state index contributed by atoms with van der Waals surface area (Å²) in [6, 6.07) is 40.6. The van der Waals surface area contributed by atoms with Crippen molar-refractivity contribution in [1.29, 1.82) is 0 Å². The summed E-state index contributed by atoms with van der Waals surface area (Å²) in [5.41, 5.74) is 11.1. The molecule has 0 aliphatic carbocycles. The van der Waals surface area contributed by atoms with Crippen molar-refractivity contribution in [3.63, 3.8) is 0 Å². The van der Waals surface area contributed by atoms with E-state index in [0.29, 0.717) is 0 Å². The van der Waals surface area contributed by atoms with Crippen molar-refractivity contribution < 1.29 is 25.8 Å². The molecule has 0 saturated heterocycles. The van der Waals surface area contributed by atoms with Crippen LogP contribution in [0.2, 0.25) is 0 Å². The third-order valence-corrected chi connectivity index (χ3v) is 8.04. The summed E-state index contributed by atoms with van der Waals surface area (Å²) in [5.74, 6) is 0. The second-order valence-corrected chi connectivity index (χ2v) is 11.3. The Hall–Kier alpha value is -2.45. The van der Waals surface area contributed by atoms with Gasteiger partial charge in [-0.1, -0.05) is 112 Å². The smallest absolute Gasteiger partial charge is 0.372 e. The molecule has 0 fully saturated rings. The molecule has 0 aromatic heterocycles. The molecule has 6 aromatic carbocycles. The molecule has 0 amide bonds. The van der Waals surface area contributed by atoms with Crippen molar-refractivity contribution >= 4 is 46.4 Å². The SMILES string of the molecule is CCCc1cc2c(-c3ccc(CC)cc3)cccc2[cH-]1.CCCc1cc2c(-c3ccc(CC)cc3)cccc2[cH-]1.Cl.Cl.[CH2-]C[CH2-].[Hf+4]. The summed E-state index contributed by atoms with van der Waals surface area (Å²) in [5, 5.41) is 5.51. The van der Waals surface area contributed by atoms with Crippen LogP contribution in [0.3, 0.4) is 0 Å². The van der Waals surface area contributed by atoms with Gasteiger partial charge in [-0.15, -0.1) is 93.9 Å². The van der Waals surface area contributed by atoms with Gasteiger partial charge < -0.3 is 20.3 Å². The third-order valence-electron chi connectivity index (χ3n) is 8.04. The van der Waals surface area contributed by atoms with E-state index in [0.717, 1.165) is 19.3 Å². The van der Waals surface area contributed by atoms with Crippen LogP contribution in [0.15, 0.2) is 109 Å². The van der Waals surface area contributed by atoms with Crippen molar-refractivity contribution in [2.24, 2.45) is 0 Å². The molecule has 0 atom stereocenters. The first-order valence-electron chi connectivity index (χ1n) is 16.2. The number of hydrogen-bond acceptors (Lipinski definition) is 0. The van der Waals surface area contributed by atoms with Crippen molar-refractivity contribution in [1.82, 2.24) is 0 Å². The van der Waals surface area contributed by atoms with Crippen molar-refractivity contribution in [3.8, 4) is 22.3 Å². The molecule has 6 rings (SSSR count). The van der Waals surface area contributed by atoms with Crippen LogP contribution < -0.4 is 0 Å². The number of hydrogen-bond donors (Lipinski definition) is 0. The van der Waals surface area contributed by atoms with Gasteiger partial charge in [0.05, 0.1) is 0 Å². The van der Waals surface area contributed by atoms with Crippen LogP contribution in [-0.2, 0) is 51.5 Å². The van der Waals surface area contributed by atoms with Gasteiger partial charge in [-0.05, 0) is 47.9 Å². The predicted octanol–water partition coefficient (Wildman–Crippen LogP) is 13.4. The van der Waals surface area contributed by atoms with E-state index in [1.54, 1.807) is 0 Å². The van der Waals surface area contributed by atoms with Gasteiger partial charge in [-0.25, -0.2) is 0 Å². The molecule has 46 heavy (non-hydrogen) atoms. The Morgan fingerprint density at radius 1 is 0.522 bits per heavy atom. The maximum Gasteiger partial charge on any atom is 4.00 e. The van der Waals surface area contributed by atoms with Gasteiger partial charge in [0.15, 0.2) is 0 Å². The van der Waals surface area contributed by atoms with E-state index in [-0.39, 0.29) is 50.7 Å². The van der Waals surface area contributed by atoms with Crippen LogP contribution in [0, 0.1) is 13.8 Å². The van der Waals surface area contributed by atoms with E-state index in [4.69, 9.17) is 0 Å². The zero-order chi connectivity index (χ0) is 30.6. The fourth-order valence-electron chi connectivity index (χ4n) is 5.80. The summed E-state index contributed by atoms with van der Waals surface area (Å²) in [7, 11) is 0. The van der Waals surface area contributed by atoms with Gasteiger partial charge in [-0.2, -0.15) is 12.1 Å². The second-order valence-electron chi connectivity index (χ2n) is 11.3. The van der Waals surface area contributed by atoms with E-state index in [1.165, 1.54) is 91.7 Å². The van der Waals surface area contributed by atoms with Gasteiger partial charge in [-0.3, -0.25) is 0 Å². The number of fused-ring (bicyclic) bond motifs is 2. The Balaban J connectivity index is 0.000000400. The minimum Gasteiger partial charge on any atom is -0.372 e. The number of benzene rings is 4. The zero-order valence-corrected chi connectivity index (χ0v) is 33.3. The van der Waals surface area contributed by atoms with E-state index in [1.807, 2.05) is 0 Å². The molecule has 6 aromatic rings. The quantitative estimate of drug-likeness (QED) is 0.106. The number of rotatable bonds is 8. The number of halogens is 2. The summed E-state index contributed by atoms with van der Waals surface area (Å²) in [6.07, 6.45) is 7.70. The standard InChI is InChI=1S/2C20H21.C3H6.2ClH.Hf/c2*1-3-6-16-13-18-7-5-8-19(20(18)14-16)17-11-9-15(4-2)10-12-17;1-3-2;;;/h2*5,7-14H,3-4,6H2,1-2H3;1-3H2;2*1H;/q2*-1;-2;;;+4. The maximum atomic E-state index is 3.38. The van der Waals surface area contributed by atoms with Crippen LogP contribution in [0.5, 0.6) is 0 Å². The second kappa shape index (κ2) is 21.4. The van der Waals surface area contributed by atoms with E-state index in [2.05, 4.69) is 151 Å². The summed E-state index contributed by atoms with van der Waals surface area (Å²) in [4.78, 5) is 0. The Morgan fingerprint density at radius 2 is 0.870 bits per heavy atom. The van der Waals surface area contributed by atoms with Crippen LogP contribution in [0.25, 0.3) is 43.8 Å². The minimum atomic E-state index is 0. The minimum absolute atomic E-state index is 0. The molecule has 240 valence electrons. The Kier molecular flexibility index (Phi) is 19.4. The van der Waals surface area contributed by atoms with Gasteiger partial charge in [0, 0.05) is 0 Å². The van der Waals surface area contributed by atoms with Gasteiger partial charge in [0.2, 0.25) is 0 Å². The summed E-state index contributed by atoms with van der Waals surface area (Å²) >= 11 is 0. The van der Waals surface area contributed by atoms with Crippen molar-refractivity contribution in [3.05, 3.63) is 145 Å². The molecule has 0 bridgehead atoms. The fourth-order valence-corrected chi connectivity index (χ4v) is 5.80. The topological polar surface area (TPSA) is 0 Å². The first-order valence-corrected chi connectivity index (χ1v) is 16.2. The predicted molar refractivity (Wildman–Crippen MR) is 207 cm³/mol. The molecular weight excluding hydrogens is 766 g/mol. The third kappa shape index (κ3) is 10.8. The molecule has 0 radical (unpaired) electrons. The molecule has 0 heterocycles. The molecule has 0 aliphatic heterocycles. The molecular formula is C43H50Cl2Hf. The molecule has 0 N–H and O–H groups in total. The average molecular weight is 816 g/mol. The van der Waals surface area contributed by atoms with Gasteiger partial charge in [0.1, 0.15) is 0 Å². The van der Waals surface area contributed by atoms with E-state index >= 15 is 0 Å². The van der Waals surface area contributed by atoms with Crippen molar-refractivity contribution in [2.75, 3.05) is 0 Å². The van der Waals surface area contributed by atoms with Crippen molar-refractivity contribution in [2.45, 2.75) is 72.6 Å². The van der Waals surface area contributed by atoms with Gasteiger partial charge >= 0.3 is 25.8 Å². The maximum absolute atomic E-state index is 3.38. The Bertz CT molecular complexity index is 1560. The molecule has 0 unspecified atom stereocenters. The Labute approximate surface area is 310 Å². The van der Waals surface area contributed by atoms with Crippen LogP contribution in [0.4, 0.5) is 0 Å². The fraction of sp³-hybridized carbons (Fsp3) is 0.256. The van der Waals surface area contributed by atoms with Gasteiger partial charge in [0.25, 0.3) is 0 Å². The summed E-state index contributed by atoms with van der Waals surface area (Å²) < 4.78 is 0. The normalized spacial score (nSPS) is 10.0. The largest absolute Gasteiger partial charge is 4.00 e. The monoisotopic (exact) mass is 816 g/mol. The zero-order valence-electron chi connectivity index (χ0n) is 28.1. The molecule has 0 saturated carbocycles. The average Bonchev–Trinajstić information content (AvgIpc) is 3.65. The van der Waals surface area contributed by atoms with Crippen LogP contribution in [-0.4, -0.2) is 0 Å². The molecule has 0 aliphatic rings. The molecule has 0 spiro atoms. The molecule has 0 nitrogen and oxygen atoms in total. The molecule has 3 heteroatoms. The first-order chi connectivity index (χ1) is 21.0. The van der Waals surface area contributed by atoms with Crippen LogP contribution in [0.1, 0.15) is 69.2 Å². The Morgan fingerprint density at radius 3 is 1.17 bits per heavy atom.